The van der Waals surface area contributed by atoms with Crippen LogP contribution in [0.15, 0.2) is 42.6 Å². The summed E-state index contributed by atoms with van der Waals surface area (Å²) in [6.45, 7) is 3.58. The molecule has 3 heteroatoms. The van der Waals surface area contributed by atoms with Crippen LogP contribution in [0.4, 0.5) is 11.4 Å². The van der Waals surface area contributed by atoms with Crippen LogP contribution in [0.5, 0.6) is 0 Å². The van der Waals surface area contributed by atoms with E-state index < -0.39 is 0 Å². The molecule has 0 aliphatic carbocycles. The van der Waals surface area contributed by atoms with E-state index in [1.165, 1.54) is 12.5 Å². The van der Waals surface area contributed by atoms with Crippen LogP contribution in [0.3, 0.4) is 0 Å². The average Bonchev–Trinajstić information content (AvgIpc) is 2.38. The van der Waals surface area contributed by atoms with Gasteiger partial charge in [-0.1, -0.05) is 12.1 Å². The summed E-state index contributed by atoms with van der Waals surface area (Å²) in [5.41, 5.74) is 3.78. The molecule has 2 aromatic rings. The highest BCUT2D eigenvalue weighted by Gasteiger charge is 2.06. The van der Waals surface area contributed by atoms with Gasteiger partial charge in [0.1, 0.15) is 5.69 Å². The first kappa shape index (κ1) is 12.3. The van der Waals surface area contributed by atoms with Gasteiger partial charge in [0.25, 0.3) is 0 Å². The Morgan fingerprint density at radius 2 is 1.94 bits per heavy atom. The van der Waals surface area contributed by atoms with Crippen LogP contribution in [0.2, 0.25) is 0 Å². The Hall–Kier alpha value is -2.16. The number of aryl methyl sites for hydroxylation is 1. The third-order valence-electron chi connectivity index (χ3n) is 2.88. The lowest BCUT2D eigenvalue weighted by Crippen LogP contribution is -2.10. The van der Waals surface area contributed by atoms with Crippen LogP contribution in [-0.2, 0) is 0 Å². The molecule has 0 unspecified atom stereocenters. The van der Waals surface area contributed by atoms with Crippen LogP contribution in [-0.4, -0.2) is 17.8 Å². The lowest BCUT2D eigenvalue weighted by atomic mass is 10.2. The molecule has 0 aliphatic heterocycles. The fourth-order valence-electron chi connectivity index (χ4n) is 1.78. The number of benzene rings is 1. The lowest BCUT2D eigenvalue weighted by molar-refractivity contribution is 0.101. The summed E-state index contributed by atoms with van der Waals surface area (Å²) in [7, 11) is 1.99. The Morgan fingerprint density at radius 3 is 2.50 bits per heavy atom. The highest BCUT2D eigenvalue weighted by atomic mass is 16.1. The second-order valence-electron chi connectivity index (χ2n) is 4.36. The molecular formula is C15H16N2O. The molecule has 0 bridgehead atoms. The molecule has 1 heterocycles. The largest absolute Gasteiger partial charge is 0.343 e. The number of carbonyl (C=O) groups is 1. The zero-order chi connectivity index (χ0) is 13.1. The van der Waals surface area contributed by atoms with Crippen molar-refractivity contribution >= 4 is 17.2 Å². The maximum absolute atomic E-state index is 11.2. The van der Waals surface area contributed by atoms with Gasteiger partial charge in [-0.25, -0.2) is 0 Å². The molecule has 1 aromatic heterocycles. The molecule has 0 atom stereocenters. The van der Waals surface area contributed by atoms with Gasteiger partial charge in [-0.15, -0.1) is 0 Å². The SMILES string of the molecule is CC(=O)c1ccc(N(C)c2cccc(C)c2)cn1. The van der Waals surface area contributed by atoms with Crippen molar-refractivity contribution in [3.8, 4) is 0 Å². The summed E-state index contributed by atoms with van der Waals surface area (Å²) in [5.74, 6) is -0.0141. The van der Waals surface area contributed by atoms with Crippen molar-refractivity contribution in [2.45, 2.75) is 13.8 Å². The fourth-order valence-corrected chi connectivity index (χ4v) is 1.78. The second kappa shape index (κ2) is 5.00. The van der Waals surface area contributed by atoms with E-state index in [2.05, 4.69) is 24.0 Å². The van der Waals surface area contributed by atoms with Crippen molar-refractivity contribution < 1.29 is 4.79 Å². The molecule has 0 saturated carbocycles. The number of ketones is 1. The number of aromatic nitrogens is 1. The minimum Gasteiger partial charge on any atom is -0.343 e. The third kappa shape index (κ3) is 2.56. The van der Waals surface area contributed by atoms with Crippen LogP contribution in [0.25, 0.3) is 0 Å². The number of hydrogen-bond acceptors (Lipinski definition) is 3. The minimum atomic E-state index is -0.0141. The predicted molar refractivity (Wildman–Crippen MR) is 73.5 cm³/mol. The van der Waals surface area contributed by atoms with Crippen LogP contribution in [0, 0.1) is 6.92 Å². The smallest absolute Gasteiger partial charge is 0.178 e. The average molecular weight is 240 g/mol. The molecule has 18 heavy (non-hydrogen) atoms. The maximum atomic E-state index is 11.2. The number of anilines is 2. The molecule has 0 aliphatic rings. The Labute approximate surface area is 107 Å². The van der Waals surface area contributed by atoms with Gasteiger partial charge in [-0.2, -0.15) is 0 Å². The summed E-state index contributed by atoms with van der Waals surface area (Å²) in [6.07, 6.45) is 1.72. The highest BCUT2D eigenvalue weighted by Crippen LogP contribution is 2.23. The predicted octanol–water partition coefficient (Wildman–Crippen LogP) is 3.36. The normalized spacial score (nSPS) is 10.2. The standard InChI is InChI=1S/C15H16N2O/c1-11-5-4-6-13(9-11)17(3)14-7-8-15(12(2)18)16-10-14/h4-10H,1-3H3. The Balaban J connectivity index is 2.28. The summed E-state index contributed by atoms with van der Waals surface area (Å²) in [5, 5.41) is 0. The van der Waals surface area contributed by atoms with Gasteiger partial charge in [-0.3, -0.25) is 9.78 Å². The van der Waals surface area contributed by atoms with Crippen molar-refractivity contribution in [2.75, 3.05) is 11.9 Å². The molecule has 92 valence electrons. The van der Waals surface area contributed by atoms with Gasteiger partial charge in [0.2, 0.25) is 0 Å². The molecule has 0 fully saturated rings. The molecule has 0 radical (unpaired) electrons. The van der Waals surface area contributed by atoms with Gasteiger partial charge < -0.3 is 4.90 Å². The molecule has 3 nitrogen and oxygen atoms in total. The van der Waals surface area contributed by atoms with Gasteiger partial charge in [0.05, 0.1) is 11.9 Å². The van der Waals surface area contributed by atoms with Crippen molar-refractivity contribution in [2.24, 2.45) is 0 Å². The van der Waals surface area contributed by atoms with Gasteiger partial charge in [0.15, 0.2) is 5.78 Å². The Kier molecular flexibility index (Phi) is 3.42. The van der Waals surface area contributed by atoms with Crippen molar-refractivity contribution in [3.63, 3.8) is 0 Å². The van der Waals surface area contributed by atoms with Crippen LogP contribution in [0.1, 0.15) is 23.0 Å². The summed E-state index contributed by atoms with van der Waals surface area (Å²) in [4.78, 5) is 17.4. The number of carbonyl (C=O) groups excluding carboxylic acids is 1. The quantitative estimate of drug-likeness (QED) is 0.771. The van der Waals surface area contributed by atoms with Crippen LogP contribution >= 0.6 is 0 Å². The molecule has 0 spiro atoms. The molecule has 0 N–H and O–H groups in total. The Bertz CT molecular complexity index is 561. The van der Waals surface area contributed by atoms with Gasteiger partial charge in [0, 0.05) is 19.7 Å². The monoisotopic (exact) mass is 240 g/mol. The van der Waals surface area contributed by atoms with Crippen molar-refractivity contribution in [1.82, 2.24) is 4.98 Å². The van der Waals surface area contributed by atoms with E-state index in [0.29, 0.717) is 5.69 Å². The first-order valence-corrected chi connectivity index (χ1v) is 5.85. The van der Waals surface area contributed by atoms with E-state index in [9.17, 15) is 4.79 Å². The highest BCUT2D eigenvalue weighted by molar-refractivity contribution is 5.92. The first-order chi connectivity index (χ1) is 8.58. The molecule has 0 amide bonds. The number of pyridine rings is 1. The molecule has 1 aromatic carbocycles. The summed E-state index contributed by atoms with van der Waals surface area (Å²) < 4.78 is 0. The first-order valence-electron chi connectivity index (χ1n) is 5.85. The minimum absolute atomic E-state index is 0.0141. The summed E-state index contributed by atoms with van der Waals surface area (Å²) >= 11 is 0. The summed E-state index contributed by atoms with van der Waals surface area (Å²) in [6, 6.07) is 11.9. The van der Waals surface area contributed by atoms with Crippen LogP contribution < -0.4 is 4.90 Å². The maximum Gasteiger partial charge on any atom is 0.178 e. The van der Waals surface area contributed by atoms with Crippen molar-refractivity contribution in [3.05, 3.63) is 53.9 Å². The number of hydrogen-bond donors (Lipinski definition) is 0. The number of rotatable bonds is 3. The van der Waals surface area contributed by atoms with E-state index in [4.69, 9.17) is 0 Å². The topological polar surface area (TPSA) is 33.2 Å². The van der Waals surface area contributed by atoms with E-state index >= 15 is 0 Å². The van der Waals surface area contributed by atoms with E-state index in [1.54, 1.807) is 12.3 Å². The van der Waals surface area contributed by atoms with Crippen molar-refractivity contribution in [1.29, 1.82) is 0 Å². The zero-order valence-corrected chi connectivity index (χ0v) is 10.8. The van der Waals surface area contributed by atoms with Gasteiger partial charge in [-0.05, 0) is 36.8 Å². The third-order valence-corrected chi connectivity index (χ3v) is 2.88. The van der Waals surface area contributed by atoms with E-state index in [-0.39, 0.29) is 5.78 Å². The zero-order valence-electron chi connectivity index (χ0n) is 10.8. The van der Waals surface area contributed by atoms with E-state index in [0.717, 1.165) is 11.4 Å². The van der Waals surface area contributed by atoms with E-state index in [1.807, 2.05) is 30.1 Å². The fraction of sp³-hybridized carbons (Fsp3) is 0.200. The molecule has 0 saturated heterocycles. The number of Topliss-reactive ketones (excluding diaryl/α,β-unsaturated/α-hetero) is 1. The Morgan fingerprint density at radius 1 is 1.17 bits per heavy atom. The molecular weight excluding hydrogens is 224 g/mol. The lowest BCUT2D eigenvalue weighted by Gasteiger charge is -2.19. The molecule has 2 rings (SSSR count). The second-order valence-corrected chi connectivity index (χ2v) is 4.36. The van der Waals surface area contributed by atoms with Gasteiger partial charge >= 0.3 is 0 Å². The number of nitrogens with zero attached hydrogens (tertiary/aromatic N) is 2.